The van der Waals surface area contributed by atoms with Crippen LogP contribution >= 0.6 is 0 Å². The van der Waals surface area contributed by atoms with E-state index in [9.17, 15) is 0 Å². The van der Waals surface area contributed by atoms with E-state index in [2.05, 4.69) is 211 Å². The zero-order valence-electron chi connectivity index (χ0n) is 39.5. The summed E-state index contributed by atoms with van der Waals surface area (Å²) in [5, 5.41) is 2.11. The van der Waals surface area contributed by atoms with Crippen molar-refractivity contribution in [2.45, 2.75) is 19.3 Å². The lowest BCUT2D eigenvalue weighted by molar-refractivity contribution is 0.630. The highest BCUT2D eigenvalue weighted by molar-refractivity contribution is 6.18. The Hall–Kier alpha value is -8.99. The molecule has 0 spiro atoms. The molecule has 2 aliphatic rings. The molecule has 0 aromatic heterocycles. The molecule has 0 radical (unpaired) electrons. The van der Waals surface area contributed by atoms with Crippen molar-refractivity contribution < 1.29 is 4.39 Å². The molecular weight excluding hydrogens is 866 g/mol. The maximum atomic E-state index is 17.7. The lowest BCUT2D eigenvalue weighted by atomic mass is 9.82. The molecule has 1 aliphatic carbocycles. The summed E-state index contributed by atoms with van der Waals surface area (Å²) in [5.41, 5.74) is 19.5. The van der Waals surface area contributed by atoms with E-state index in [0.29, 0.717) is 5.69 Å². The van der Waals surface area contributed by atoms with Crippen LogP contribution in [0.3, 0.4) is 0 Å². The van der Waals surface area contributed by atoms with Crippen molar-refractivity contribution in [2.24, 2.45) is 0 Å². The van der Waals surface area contributed by atoms with Crippen molar-refractivity contribution in [3.63, 3.8) is 0 Å². The van der Waals surface area contributed by atoms with E-state index in [1.54, 1.807) is 6.07 Å². The van der Waals surface area contributed by atoms with Crippen LogP contribution in [0.4, 0.5) is 55.6 Å². The fraction of sp³-hybridized carbons (Fsp3) is 0.0448. The first-order chi connectivity index (χ1) is 34.9. The van der Waals surface area contributed by atoms with Gasteiger partial charge in [-0.05, 0) is 129 Å². The predicted octanol–water partition coefficient (Wildman–Crippen LogP) is 19.0. The first kappa shape index (κ1) is 42.1. The normalized spacial score (nSPS) is 12.8. The molecule has 1 aliphatic heterocycles. The number of para-hydroxylation sites is 3. The van der Waals surface area contributed by atoms with Crippen LogP contribution < -0.4 is 14.7 Å². The van der Waals surface area contributed by atoms with E-state index in [1.165, 1.54) is 22.3 Å². The summed E-state index contributed by atoms with van der Waals surface area (Å²) in [6.45, 7) is 4.68. The van der Waals surface area contributed by atoms with Crippen molar-refractivity contribution in [2.75, 3.05) is 14.7 Å². The molecule has 4 heteroatoms. The van der Waals surface area contributed by atoms with Crippen molar-refractivity contribution in [3.8, 4) is 44.5 Å². The average molecular weight is 914 g/mol. The van der Waals surface area contributed by atoms with Crippen molar-refractivity contribution in [1.82, 2.24) is 0 Å². The highest BCUT2D eigenvalue weighted by Gasteiger charge is 2.36. The molecule has 11 aromatic rings. The van der Waals surface area contributed by atoms with Crippen molar-refractivity contribution >= 4 is 62.0 Å². The minimum absolute atomic E-state index is 0.151. The quantitative estimate of drug-likeness (QED) is 0.143. The fourth-order valence-electron chi connectivity index (χ4n) is 11.3. The molecule has 338 valence electrons. The lowest BCUT2D eigenvalue weighted by Crippen LogP contribution is -2.18. The lowest BCUT2D eigenvalue weighted by Gasteiger charge is -2.36. The Morgan fingerprint density at radius 3 is 1.63 bits per heavy atom. The Bertz CT molecular complexity index is 3800. The summed E-state index contributed by atoms with van der Waals surface area (Å²) in [6, 6.07) is 89.3. The Labute approximate surface area is 414 Å². The minimum atomic E-state index is -0.308. The molecule has 11 aromatic carbocycles. The molecule has 0 N–H and O–H groups in total. The Kier molecular flexibility index (Phi) is 10.0. The van der Waals surface area contributed by atoms with Gasteiger partial charge in [-0.25, -0.2) is 4.39 Å². The topological polar surface area (TPSA) is 9.72 Å². The smallest absolute Gasteiger partial charge is 0.148 e. The Morgan fingerprint density at radius 2 is 0.930 bits per heavy atom. The average Bonchev–Trinajstić information content (AvgIpc) is 3.66. The van der Waals surface area contributed by atoms with Crippen LogP contribution in [-0.2, 0) is 5.41 Å². The SMILES string of the molecule is CC1(C)c2ccccc2-c2ccc(N(c3ccccc3)c3ccc4c(c3)N(c3ccccc3)c3cccc5c(N(c6ccccc6)c6c(F)cc(-c7ccccc7)cc6-c6ccccc6)ccc-4c35)cc21. The van der Waals surface area contributed by atoms with E-state index in [-0.39, 0.29) is 11.2 Å². The second-order valence-corrected chi connectivity index (χ2v) is 19.0. The van der Waals surface area contributed by atoms with Gasteiger partial charge >= 0.3 is 0 Å². The Morgan fingerprint density at radius 1 is 0.366 bits per heavy atom. The monoisotopic (exact) mass is 913 g/mol. The van der Waals surface area contributed by atoms with Crippen LogP contribution in [0, 0.1) is 5.82 Å². The van der Waals surface area contributed by atoms with Gasteiger partial charge in [-0.1, -0.05) is 184 Å². The largest absolute Gasteiger partial charge is 0.310 e. The first-order valence-corrected chi connectivity index (χ1v) is 24.4. The molecule has 1 heterocycles. The van der Waals surface area contributed by atoms with Gasteiger partial charge in [-0.15, -0.1) is 0 Å². The third kappa shape index (κ3) is 6.94. The number of hydrogen-bond donors (Lipinski definition) is 0. The molecule has 13 rings (SSSR count). The molecule has 71 heavy (non-hydrogen) atoms. The van der Waals surface area contributed by atoms with Crippen molar-refractivity contribution in [3.05, 3.63) is 272 Å². The molecule has 0 amide bonds. The highest BCUT2D eigenvalue weighted by Crippen LogP contribution is 2.57. The van der Waals surface area contributed by atoms with E-state index < -0.39 is 0 Å². The molecule has 0 unspecified atom stereocenters. The third-order valence-electron chi connectivity index (χ3n) is 14.6. The van der Waals surface area contributed by atoms with Crippen LogP contribution in [0.2, 0.25) is 0 Å². The molecule has 0 saturated heterocycles. The van der Waals surface area contributed by atoms with Gasteiger partial charge in [-0.2, -0.15) is 0 Å². The number of rotatable bonds is 9. The van der Waals surface area contributed by atoms with Crippen LogP contribution in [0.25, 0.3) is 55.3 Å². The minimum Gasteiger partial charge on any atom is -0.310 e. The summed E-state index contributed by atoms with van der Waals surface area (Å²) < 4.78 is 17.7. The first-order valence-electron chi connectivity index (χ1n) is 24.4. The summed E-state index contributed by atoms with van der Waals surface area (Å²) in [7, 11) is 0. The van der Waals surface area contributed by atoms with E-state index >= 15 is 4.39 Å². The fourth-order valence-corrected chi connectivity index (χ4v) is 11.3. The Balaban J connectivity index is 1.02. The van der Waals surface area contributed by atoms with Gasteiger partial charge in [0.1, 0.15) is 5.82 Å². The number of benzene rings is 11. The molecule has 0 fully saturated rings. The number of anilines is 9. The summed E-state index contributed by atoms with van der Waals surface area (Å²) in [6.07, 6.45) is 0. The number of nitrogens with zero attached hydrogens (tertiary/aromatic N) is 3. The second-order valence-electron chi connectivity index (χ2n) is 19.0. The van der Waals surface area contributed by atoms with Crippen LogP contribution in [0.5, 0.6) is 0 Å². The van der Waals surface area contributed by atoms with Gasteiger partial charge in [0, 0.05) is 55.8 Å². The van der Waals surface area contributed by atoms with E-state index in [0.717, 1.165) is 89.7 Å². The van der Waals surface area contributed by atoms with E-state index in [4.69, 9.17) is 0 Å². The van der Waals surface area contributed by atoms with Crippen molar-refractivity contribution in [1.29, 1.82) is 0 Å². The molecule has 0 saturated carbocycles. The maximum absolute atomic E-state index is 17.7. The molecular formula is C67H48FN3. The number of halogens is 1. The molecule has 0 bridgehead atoms. The number of hydrogen-bond acceptors (Lipinski definition) is 3. The number of fused-ring (bicyclic) bond motifs is 5. The summed E-state index contributed by atoms with van der Waals surface area (Å²) in [4.78, 5) is 6.91. The summed E-state index contributed by atoms with van der Waals surface area (Å²) in [5.74, 6) is -0.308. The standard InChI is InChI=1S/C67H48FN3/c1-67(2)59-33-19-18-31-53(59)54-37-35-51(43-60(54)67)69(48-25-12-5-13-26-48)52-36-38-55-56-39-40-62(57-32-20-34-63(65(56)57)70(64(55)44-52)49-27-14-6-15-28-49)71(50-29-16-7-17-30-50)66-58(46-23-10-4-11-24-46)41-47(42-61(66)68)45-21-8-3-9-22-45/h3-44H,1-2H3. The van der Waals surface area contributed by atoms with Crippen LogP contribution in [0.1, 0.15) is 25.0 Å². The van der Waals surface area contributed by atoms with Gasteiger partial charge in [0.05, 0.1) is 22.7 Å². The zero-order valence-corrected chi connectivity index (χ0v) is 39.5. The van der Waals surface area contributed by atoms with Gasteiger partial charge < -0.3 is 14.7 Å². The third-order valence-corrected chi connectivity index (χ3v) is 14.6. The van der Waals surface area contributed by atoms with Gasteiger partial charge in [0.25, 0.3) is 0 Å². The van der Waals surface area contributed by atoms with Crippen LogP contribution in [0.15, 0.2) is 255 Å². The predicted molar refractivity (Wildman–Crippen MR) is 295 cm³/mol. The highest BCUT2D eigenvalue weighted by atomic mass is 19.1. The van der Waals surface area contributed by atoms with E-state index in [1.807, 2.05) is 66.7 Å². The molecule has 3 nitrogen and oxygen atoms in total. The molecule has 0 atom stereocenters. The van der Waals surface area contributed by atoms with Gasteiger partial charge in [0.15, 0.2) is 0 Å². The van der Waals surface area contributed by atoms with Crippen LogP contribution in [-0.4, -0.2) is 0 Å². The van der Waals surface area contributed by atoms with Gasteiger partial charge in [0.2, 0.25) is 0 Å². The second kappa shape index (κ2) is 16.9. The summed E-state index contributed by atoms with van der Waals surface area (Å²) >= 11 is 0. The zero-order chi connectivity index (χ0) is 47.6. The van der Waals surface area contributed by atoms with Gasteiger partial charge in [-0.3, -0.25) is 0 Å². The maximum Gasteiger partial charge on any atom is 0.148 e.